The van der Waals surface area contributed by atoms with Gasteiger partial charge < -0.3 is 9.32 Å². The lowest BCUT2D eigenvalue weighted by molar-refractivity contribution is 0.0621. The highest BCUT2D eigenvalue weighted by Crippen LogP contribution is 2.23. The van der Waals surface area contributed by atoms with Crippen molar-refractivity contribution < 1.29 is 9.21 Å². The quantitative estimate of drug-likeness (QED) is 0.662. The van der Waals surface area contributed by atoms with Gasteiger partial charge in [0, 0.05) is 43.3 Å². The third-order valence-electron chi connectivity index (χ3n) is 5.00. The van der Waals surface area contributed by atoms with Crippen LogP contribution < -0.4 is 0 Å². The highest BCUT2D eigenvalue weighted by Gasteiger charge is 2.26. The Hall–Kier alpha value is -2.63. The first-order valence-corrected chi connectivity index (χ1v) is 9.77. The van der Waals surface area contributed by atoms with Crippen molar-refractivity contribution in [3.05, 3.63) is 76.6 Å². The number of oxazole rings is 1. The van der Waals surface area contributed by atoms with Gasteiger partial charge >= 0.3 is 0 Å². The fourth-order valence-electron chi connectivity index (χ4n) is 3.41. The monoisotopic (exact) mass is 395 g/mol. The standard InChI is InChI=1S/C22H22ClN3O2/c1-16-20(24-21(28-16)18-5-3-2-4-6-18)22(27)26-13-11-25(12-14-26)15-17-7-9-19(23)10-8-17/h2-10H,11-15H2,1H3. The van der Waals surface area contributed by atoms with Crippen LogP contribution in [-0.4, -0.2) is 46.9 Å². The Morgan fingerprint density at radius 1 is 1.04 bits per heavy atom. The first-order chi connectivity index (χ1) is 13.6. The number of halogens is 1. The maximum Gasteiger partial charge on any atom is 0.276 e. The molecule has 1 aromatic heterocycles. The van der Waals surface area contributed by atoms with E-state index in [1.54, 1.807) is 6.92 Å². The van der Waals surface area contributed by atoms with Crippen molar-refractivity contribution >= 4 is 17.5 Å². The van der Waals surface area contributed by atoms with Gasteiger partial charge in [-0.15, -0.1) is 0 Å². The van der Waals surface area contributed by atoms with E-state index in [1.165, 1.54) is 5.56 Å². The van der Waals surface area contributed by atoms with Gasteiger partial charge in [-0.05, 0) is 36.8 Å². The molecule has 1 saturated heterocycles. The van der Waals surface area contributed by atoms with Gasteiger partial charge in [0.15, 0.2) is 5.69 Å². The molecule has 1 aliphatic rings. The van der Waals surface area contributed by atoms with Gasteiger partial charge in [-0.3, -0.25) is 9.69 Å². The minimum Gasteiger partial charge on any atom is -0.441 e. The van der Waals surface area contributed by atoms with E-state index in [1.807, 2.05) is 59.5 Å². The number of aryl methyl sites for hydroxylation is 1. The number of hydrogen-bond donors (Lipinski definition) is 0. The van der Waals surface area contributed by atoms with Crippen molar-refractivity contribution in [1.29, 1.82) is 0 Å². The van der Waals surface area contributed by atoms with Gasteiger partial charge in [-0.25, -0.2) is 4.98 Å². The normalized spacial score (nSPS) is 15.0. The summed E-state index contributed by atoms with van der Waals surface area (Å²) in [4.78, 5) is 21.6. The molecule has 0 unspecified atom stereocenters. The summed E-state index contributed by atoms with van der Waals surface area (Å²) < 4.78 is 5.74. The van der Waals surface area contributed by atoms with Crippen LogP contribution in [0, 0.1) is 6.92 Å². The number of aromatic nitrogens is 1. The molecule has 1 aliphatic heterocycles. The van der Waals surface area contributed by atoms with E-state index in [0.717, 1.165) is 30.2 Å². The van der Waals surface area contributed by atoms with Crippen molar-refractivity contribution in [3.63, 3.8) is 0 Å². The van der Waals surface area contributed by atoms with E-state index >= 15 is 0 Å². The third kappa shape index (κ3) is 4.11. The third-order valence-corrected chi connectivity index (χ3v) is 5.25. The van der Waals surface area contributed by atoms with Crippen molar-refractivity contribution in [1.82, 2.24) is 14.8 Å². The molecule has 6 heteroatoms. The summed E-state index contributed by atoms with van der Waals surface area (Å²) in [6.07, 6.45) is 0. The van der Waals surface area contributed by atoms with E-state index in [2.05, 4.69) is 9.88 Å². The average Bonchev–Trinajstić information content (AvgIpc) is 3.12. The summed E-state index contributed by atoms with van der Waals surface area (Å²) in [7, 11) is 0. The van der Waals surface area contributed by atoms with Crippen LogP contribution in [0.3, 0.4) is 0 Å². The Labute approximate surface area is 169 Å². The zero-order valence-electron chi connectivity index (χ0n) is 15.8. The molecule has 144 valence electrons. The lowest BCUT2D eigenvalue weighted by atomic mass is 10.2. The van der Waals surface area contributed by atoms with E-state index in [9.17, 15) is 4.79 Å². The van der Waals surface area contributed by atoms with Crippen molar-refractivity contribution in [3.8, 4) is 11.5 Å². The second-order valence-electron chi connectivity index (χ2n) is 6.98. The van der Waals surface area contributed by atoms with Gasteiger partial charge in [0.05, 0.1) is 0 Å². The second kappa shape index (κ2) is 8.17. The summed E-state index contributed by atoms with van der Waals surface area (Å²) in [5, 5.41) is 0.747. The van der Waals surface area contributed by atoms with Crippen LogP contribution in [-0.2, 0) is 6.54 Å². The molecule has 5 nitrogen and oxygen atoms in total. The minimum atomic E-state index is -0.0606. The van der Waals surface area contributed by atoms with E-state index in [4.69, 9.17) is 16.0 Å². The number of benzene rings is 2. The molecule has 1 amide bonds. The van der Waals surface area contributed by atoms with Crippen LogP contribution in [0.2, 0.25) is 5.02 Å². The SMILES string of the molecule is Cc1oc(-c2ccccc2)nc1C(=O)N1CCN(Cc2ccc(Cl)cc2)CC1. The van der Waals surface area contributed by atoms with E-state index < -0.39 is 0 Å². The summed E-state index contributed by atoms with van der Waals surface area (Å²) in [5.74, 6) is 0.991. The van der Waals surface area contributed by atoms with Crippen LogP contribution in [0.25, 0.3) is 11.5 Å². The molecule has 2 aromatic carbocycles. The summed E-state index contributed by atoms with van der Waals surface area (Å²) in [6.45, 7) is 5.68. The fourth-order valence-corrected chi connectivity index (χ4v) is 3.53. The Bertz CT molecular complexity index is 946. The topological polar surface area (TPSA) is 49.6 Å². The predicted octanol–water partition coefficient (Wildman–Crippen LogP) is 4.26. The molecule has 0 bridgehead atoms. The van der Waals surface area contributed by atoms with Gasteiger partial charge in [0.25, 0.3) is 5.91 Å². The zero-order valence-corrected chi connectivity index (χ0v) is 16.5. The van der Waals surface area contributed by atoms with Crippen molar-refractivity contribution in [2.45, 2.75) is 13.5 Å². The zero-order chi connectivity index (χ0) is 19.5. The molecular weight excluding hydrogens is 374 g/mol. The van der Waals surface area contributed by atoms with Gasteiger partial charge in [0.2, 0.25) is 5.89 Å². The number of rotatable bonds is 4. The number of nitrogens with zero attached hydrogens (tertiary/aromatic N) is 3. The van der Waals surface area contributed by atoms with E-state index in [-0.39, 0.29) is 5.91 Å². The predicted molar refractivity (Wildman–Crippen MR) is 109 cm³/mol. The van der Waals surface area contributed by atoms with Crippen molar-refractivity contribution in [2.75, 3.05) is 26.2 Å². The summed E-state index contributed by atoms with van der Waals surface area (Å²) in [6, 6.07) is 17.6. The Kier molecular flexibility index (Phi) is 5.46. The molecule has 2 heterocycles. The smallest absolute Gasteiger partial charge is 0.276 e. The fraction of sp³-hybridized carbons (Fsp3) is 0.273. The molecule has 0 N–H and O–H groups in total. The van der Waals surface area contributed by atoms with Crippen molar-refractivity contribution in [2.24, 2.45) is 0 Å². The minimum absolute atomic E-state index is 0.0606. The molecule has 0 spiro atoms. The number of hydrogen-bond acceptors (Lipinski definition) is 4. The molecule has 1 fully saturated rings. The maximum absolute atomic E-state index is 12.9. The van der Waals surface area contributed by atoms with Crippen LogP contribution in [0.1, 0.15) is 21.8 Å². The second-order valence-corrected chi connectivity index (χ2v) is 7.42. The number of carbonyl (C=O) groups is 1. The molecule has 0 saturated carbocycles. The van der Waals surface area contributed by atoms with Crippen LogP contribution in [0.4, 0.5) is 0 Å². The lowest BCUT2D eigenvalue weighted by Crippen LogP contribution is -2.48. The highest BCUT2D eigenvalue weighted by atomic mass is 35.5. The number of piperazine rings is 1. The Morgan fingerprint density at radius 3 is 2.39 bits per heavy atom. The maximum atomic E-state index is 12.9. The largest absolute Gasteiger partial charge is 0.441 e. The molecule has 28 heavy (non-hydrogen) atoms. The first-order valence-electron chi connectivity index (χ1n) is 9.39. The molecule has 0 aliphatic carbocycles. The molecular formula is C22H22ClN3O2. The highest BCUT2D eigenvalue weighted by molar-refractivity contribution is 6.30. The van der Waals surface area contributed by atoms with Gasteiger partial charge in [-0.2, -0.15) is 0 Å². The Morgan fingerprint density at radius 2 is 1.71 bits per heavy atom. The van der Waals surface area contributed by atoms with Gasteiger partial charge in [0.1, 0.15) is 5.76 Å². The molecule has 4 rings (SSSR count). The number of amides is 1. The molecule has 3 aromatic rings. The van der Waals surface area contributed by atoms with Crippen LogP contribution >= 0.6 is 11.6 Å². The molecule has 0 atom stereocenters. The average molecular weight is 396 g/mol. The summed E-state index contributed by atoms with van der Waals surface area (Å²) in [5.41, 5.74) is 2.51. The number of carbonyl (C=O) groups excluding carboxylic acids is 1. The summed E-state index contributed by atoms with van der Waals surface area (Å²) >= 11 is 5.95. The van der Waals surface area contributed by atoms with E-state index in [0.29, 0.717) is 30.4 Å². The first kappa shape index (κ1) is 18.7. The molecule has 0 radical (unpaired) electrons. The van der Waals surface area contributed by atoms with Gasteiger partial charge in [-0.1, -0.05) is 41.9 Å². The Balaban J connectivity index is 1.39. The lowest BCUT2D eigenvalue weighted by Gasteiger charge is -2.34. The van der Waals surface area contributed by atoms with Crippen LogP contribution in [0.15, 0.2) is 59.0 Å². The van der Waals surface area contributed by atoms with Crippen LogP contribution in [0.5, 0.6) is 0 Å².